The maximum Gasteiger partial charge on any atom is 0.420 e. The summed E-state index contributed by atoms with van der Waals surface area (Å²) in [5.41, 5.74) is -0.160. The van der Waals surface area contributed by atoms with Crippen molar-refractivity contribution in [1.82, 2.24) is 34.3 Å². The van der Waals surface area contributed by atoms with E-state index in [0.29, 0.717) is 24.4 Å². The van der Waals surface area contributed by atoms with Crippen molar-refractivity contribution in [3.8, 4) is 5.82 Å². The van der Waals surface area contributed by atoms with Gasteiger partial charge in [0.15, 0.2) is 16.6 Å². The fourth-order valence-electron chi connectivity index (χ4n) is 4.56. The van der Waals surface area contributed by atoms with Crippen LogP contribution in [0.25, 0.3) is 11.5 Å². The number of fused-ring (bicyclic) bond motifs is 1. The zero-order valence-corrected chi connectivity index (χ0v) is 23.6. The Hall–Kier alpha value is -4.44. The third-order valence-corrected chi connectivity index (χ3v) is 6.67. The Morgan fingerprint density at radius 2 is 1.81 bits per heavy atom. The van der Waals surface area contributed by atoms with Crippen LogP contribution in [0.5, 0.6) is 0 Å². The van der Waals surface area contributed by atoms with Gasteiger partial charge in [0.25, 0.3) is 0 Å². The van der Waals surface area contributed by atoms with E-state index in [1.165, 1.54) is 36.3 Å². The van der Waals surface area contributed by atoms with Crippen LogP contribution in [0.1, 0.15) is 38.1 Å². The van der Waals surface area contributed by atoms with Crippen LogP contribution in [0.4, 0.5) is 39.8 Å². The lowest BCUT2D eigenvalue weighted by Gasteiger charge is -2.45. The molecule has 4 aromatic rings. The molecule has 0 aromatic carbocycles. The van der Waals surface area contributed by atoms with Gasteiger partial charge in [0.05, 0.1) is 53.6 Å². The fraction of sp³-hybridized carbons (Fsp3) is 0.360. The number of hydrogen-bond donors (Lipinski definition) is 3. The third-order valence-electron chi connectivity index (χ3n) is 6.48. The molecule has 5 heterocycles. The number of urea groups is 2. The first-order chi connectivity index (χ1) is 19.7. The molecule has 4 amide bonds. The monoisotopic (exact) mass is 606 g/mol. The number of alkyl halides is 3. The van der Waals surface area contributed by atoms with Crippen LogP contribution in [0.2, 0.25) is 5.15 Å². The molecule has 13 nitrogen and oxygen atoms in total. The summed E-state index contributed by atoms with van der Waals surface area (Å²) in [6.07, 6.45) is -0.536. The summed E-state index contributed by atoms with van der Waals surface area (Å²) in [6.45, 7) is 6.87. The molecule has 1 fully saturated rings. The van der Waals surface area contributed by atoms with E-state index < -0.39 is 29.7 Å². The molecule has 1 atom stereocenters. The van der Waals surface area contributed by atoms with Crippen LogP contribution in [0.15, 0.2) is 36.9 Å². The number of aromatic nitrogens is 6. The molecule has 1 aliphatic rings. The predicted molar refractivity (Wildman–Crippen MR) is 147 cm³/mol. The SMILES string of the molecule is CO[C@@H](C)c1c(NC(=O)Nc2cnc(-n3cc(NC(=O)N4CC(C)(C)C4)cn3)c(C(F)(F)F)c2)cnc2cc(Cl)nn12. The van der Waals surface area contributed by atoms with E-state index in [9.17, 15) is 22.8 Å². The van der Waals surface area contributed by atoms with Crippen molar-refractivity contribution in [3.63, 3.8) is 0 Å². The van der Waals surface area contributed by atoms with Crippen molar-refractivity contribution in [2.24, 2.45) is 5.41 Å². The van der Waals surface area contributed by atoms with Gasteiger partial charge >= 0.3 is 18.2 Å². The number of halogens is 4. The number of ether oxygens (including phenoxy) is 1. The van der Waals surface area contributed by atoms with Crippen molar-refractivity contribution < 1.29 is 27.5 Å². The van der Waals surface area contributed by atoms with Gasteiger partial charge < -0.3 is 25.6 Å². The average molecular weight is 607 g/mol. The van der Waals surface area contributed by atoms with Gasteiger partial charge in [-0.1, -0.05) is 25.4 Å². The minimum atomic E-state index is -4.84. The lowest BCUT2D eigenvalue weighted by molar-refractivity contribution is -0.137. The quantitative estimate of drug-likeness (QED) is 0.273. The summed E-state index contributed by atoms with van der Waals surface area (Å²) in [5.74, 6) is -0.541. The Morgan fingerprint density at radius 3 is 2.48 bits per heavy atom. The highest BCUT2D eigenvalue weighted by Crippen LogP contribution is 2.35. The molecule has 0 bridgehead atoms. The molecule has 0 saturated carbocycles. The number of hydrogen-bond acceptors (Lipinski definition) is 7. The lowest BCUT2D eigenvalue weighted by atomic mass is 9.85. The molecule has 3 N–H and O–H groups in total. The maximum absolute atomic E-state index is 14.0. The second kappa shape index (κ2) is 10.8. The summed E-state index contributed by atoms with van der Waals surface area (Å²) in [7, 11) is 1.46. The van der Waals surface area contributed by atoms with Gasteiger partial charge in [0.2, 0.25) is 0 Å². The second-order valence-corrected chi connectivity index (χ2v) is 10.9. The van der Waals surface area contributed by atoms with E-state index in [2.05, 4.69) is 36.1 Å². The van der Waals surface area contributed by atoms with Gasteiger partial charge in [-0.25, -0.2) is 28.8 Å². The Bertz CT molecular complexity index is 1660. The number of likely N-dealkylation sites (tertiary alicyclic amines) is 1. The van der Waals surface area contributed by atoms with Crippen LogP contribution in [0.3, 0.4) is 0 Å². The maximum atomic E-state index is 14.0. The normalized spacial score (nSPS) is 15.3. The Morgan fingerprint density at radius 1 is 1.07 bits per heavy atom. The van der Waals surface area contributed by atoms with Gasteiger partial charge in [-0.05, 0) is 13.0 Å². The van der Waals surface area contributed by atoms with Crippen LogP contribution in [-0.4, -0.2) is 66.5 Å². The molecule has 0 unspecified atom stereocenters. The summed E-state index contributed by atoms with van der Waals surface area (Å²) in [6, 6.07) is 1.01. The third kappa shape index (κ3) is 5.94. The molecule has 0 spiro atoms. The predicted octanol–water partition coefficient (Wildman–Crippen LogP) is 5.21. The number of carbonyl (C=O) groups excluding carboxylic acids is 2. The second-order valence-electron chi connectivity index (χ2n) is 10.5. The first-order valence-electron chi connectivity index (χ1n) is 12.6. The molecule has 42 heavy (non-hydrogen) atoms. The van der Waals surface area contributed by atoms with Crippen molar-refractivity contribution >= 4 is 46.4 Å². The number of methoxy groups -OCH3 is 1. The Labute approximate surface area is 242 Å². The number of rotatable bonds is 6. The Kier molecular flexibility index (Phi) is 7.44. The van der Waals surface area contributed by atoms with E-state index in [0.717, 1.165) is 16.9 Å². The van der Waals surface area contributed by atoms with E-state index in [-0.39, 0.29) is 33.7 Å². The van der Waals surface area contributed by atoms with Gasteiger partial charge in [-0.15, -0.1) is 0 Å². The molecule has 1 saturated heterocycles. The first kappa shape index (κ1) is 29.1. The highest BCUT2D eigenvalue weighted by molar-refractivity contribution is 6.29. The standard InChI is InChI=1S/C25H26ClF3N10O3/c1-13(42-4)20-17(9-30-19-6-18(26)36-39(19)20)35-22(40)33-14-5-16(25(27,28)29)21(31-7-14)38-10-15(8-32-38)34-23(41)37-11-24(2,3)12-37/h5-10,13H,11-12H2,1-4H3,(H,34,41)(H2,33,35,40)/t13-/m0/s1. The smallest absolute Gasteiger partial charge is 0.375 e. The van der Waals surface area contributed by atoms with Gasteiger partial charge in [-0.3, -0.25) is 0 Å². The molecule has 222 valence electrons. The summed E-state index contributed by atoms with van der Waals surface area (Å²) in [5, 5.41) is 15.8. The van der Waals surface area contributed by atoms with Crippen LogP contribution in [-0.2, 0) is 10.9 Å². The molecule has 0 radical (unpaired) electrons. The number of nitrogens with zero attached hydrogens (tertiary/aromatic N) is 7. The van der Waals surface area contributed by atoms with Crippen LogP contribution >= 0.6 is 11.6 Å². The zero-order chi connectivity index (χ0) is 30.4. The lowest BCUT2D eigenvalue weighted by Crippen LogP contribution is -2.56. The van der Waals surface area contributed by atoms with Crippen molar-refractivity contribution in [3.05, 3.63) is 53.3 Å². The topological polar surface area (TPSA) is 144 Å². The van der Waals surface area contributed by atoms with Crippen molar-refractivity contribution in [1.29, 1.82) is 0 Å². The summed E-state index contributed by atoms with van der Waals surface area (Å²) in [4.78, 5) is 34.9. The van der Waals surface area contributed by atoms with Crippen LogP contribution < -0.4 is 16.0 Å². The van der Waals surface area contributed by atoms with E-state index in [4.69, 9.17) is 16.3 Å². The number of amides is 4. The first-order valence-corrected chi connectivity index (χ1v) is 12.9. The highest BCUT2D eigenvalue weighted by Gasteiger charge is 2.38. The number of carbonyl (C=O) groups is 2. The molecule has 4 aromatic heterocycles. The van der Waals surface area contributed by atoms with Gasteiger partial charge in [0, 0.05) is 31.7 Å². The van der Waals surface area contributed by atoms with Crippen molar-refractivity contribution in [2.45, 2.75) is 33.1 Å². The van der Waals surface area contributed by atoms with Gasteiger partial charge in [-0.2, -0.15) is 23.4 Å². The minimum absolute atomic E-state index is 0.0168. The molecule has 1 aliphatic heterocycles. The number of anilines is 3. The number of nitrogens with one attached hydrogen (secondary N) is 3. The van der Waals surface area contributed by atoms with E-state index in [1.807, 2.05) is 13.8 Å². The molecule has 5 rings (SSSR count). The minimum Gasteiger partial charge on any atom is -0.375 e. The van der Waals surface area contributed by atoms with E-state index in [1.54, 1.807) is 11.8 Å². The largest absolute Gasteiger partial charge is 0.420 e. The van der Waals surface area contributed by atoms with Crippen molar-refractivity contribution in [2.75, 3.05) is 36.1 Å². The van der Waals surface area contributed by atoms with E-state index >= 15 is 0 Å². The summed E-state index contributed by atoms with van der Waals surface area (Å²) < 4.78 is 49.8. The number of pyridine rings is 1. The zero-order valence-electron chi connectivity index (χ0n) is 22.8. The average Bonchev–Trinajstić information content (AvgIpc) is 3.51. The summed E-state index contributed by atoms with van der Waals surface area (Å²) >= 11 is 5.99. The fourth-order valence-corrected chi connectivity index (χ4v) is 4.73. The molecular formula is C25H26ClF3N10O3. The van der Waals surface area contributed by atoms with Crippen LogP contribution in [0, 0.1) is 5.41 Å². The molecular weight excluding hydrogens is 581 g/mol. The highest BCUT2D eigenvalue weighted by atomic mass is 35.5. The molecule has 17 heteroatoms. The molecule has 0 aliphatic carbocycles. The van der Waals surface area contributed by atoms with Gasteiger partial charge in [0.1, 0.15) is 5.56 Å². The Balaban J connectivity index is 1.35.